The fourth-order valence-corrected chi connectivity index (χ4v) is 0. The lowest BCUT2D eigenvalue weighted by molar-refractivity contribution is 0.541. The lowest BCUT2D eigenvalue weighted by Gasteiger charge is -1.37. The Kier molecular flexibility index (Phi) is 2.79. The highest BCUT2D eigenvalue weighted by Crippen LogP contribution is 1.89. The highest BCUT2D eigenvalue weighted by atomic mass is 16.5. The molecule has 2 rings (SSSR count). The highest BCUT2D eigenvalue weighted by molar-refractivity contribution is 4.77. The zero-order valence-electron chi connectivity index (χ0n) is 3.63. The third kappa shape index (κ3) is 43.1. The molecule has 0 radical (unpaired) electrons. The lowest BCUT2D eigenvalue weighted by atomic mass is 11.3. The molecule has 0 aliphatic carbocycles. The van der Waals surface area contributed by atoms with E-state index in [0.717, 1.165) is 0 Å². The summed E-state index contributed by atoms with van der Waals surface area (Å²) in [7, 11) is 0. The first-order valence-corrected chi connectivity index (χ1v) is 1.61. The number of hydrogen-bond donors (Lipinski definition) is 0. The summed E-state index contributed by atoms with van der Waals surface area (Å²) in [5, 5.41) is 0. The minimum Gasteiger partial charge on any atom is -0.466 e. The van der Waals surface area contributed by atoms with Gasteiger partial charge in [-0.05, 0) is 0 Å². The predicted octanol–water partition coefficient (Wildman–Crippen LogP) is 0.151. The zero-order valence-corrected chi connectivity index (χ0v) is 3.63. The molecule has 0 unspecified atom stereocenters. The number of rotatable bonds is 0. The van der Waals surface area contributed by atoms with Gasteiger partial charge in [-0.15, -0.1) is 0 Å². The van der Waals surface area contributed by atoms with Gasteiger partial charge in [-0.2, -0.15) is 0 Å². The van der Waals surface area contributed by atoms with Gasteiger partial charge in [-0.25, -0.2) is 0 Å². The van der Waals surface area contributed by atoms with Crippen molar-refractivity contribution in [1.29, 1.82) is 0 Å². The maximum absolute atomic E-state index is 4.25. The average molecular weight is 102 g/mol. The molecule has 0 amide bonds. The summed E-state index contributed by atoms with van der Waals surface area (Å²) in [5.41, 5.74) is 0. The molecular formula is C4H6O3. The second kappa shape index (κ2) is 3.24. The lowest BCUT2D eigenvalue weighted by Crippen LogP contribution is -1.09. The zero-order chi connectivity index (χ0) is 4.24. The molecule has 0 fully saturated rings. The van der Waals surface area contributed by atoms with E-state index < -0.39 is 0 Å². The smallest absolute Gasteiger partial charge is 0.125 e. The maximum atomic E-state index is 4.25. The van der Waals surface area contributed by atoms with Crippen molar-refractivity contribution >= 4 is 0 Å². The first-order chi connectivity index (χ1) is 3.00. The van der Waals surface area contributed by atoms with E-state index in [1.165, 1.54) is 0 Å². The Bertz CT molecular complexity index is 64.9. The molecule has 2 heterocycles. The van der Waals surface area contributed by atoms with Gasteiger partial charge in [0, 0.05) is 0 Å². The number of hydrogen-bond acceptors (Lipinski definition) is 2. The van der Waals surface area contributed by atoms with E-state index in [1.807, 2.05) is 0 Å². The van der Waals surface area contributed by atoms with E-state index in [9.17, 15) is 0 Å². The first kappa shape index (κ1) is 6.04. The van der Waals surface area contributed by atoms with Crippen LogP contribution in [0, 0.1) is 0 Å². The summed E-state index contributed by atoms with van der Waals surface area (Å²) in [5.74, 6) is 0. The molecule has 0 spiro atoms. The molecule has 0 aromatic carbocycles. The monoisotopic (exact) mass is 102 g/mol. The van der Waals surface area contributed by atoms with Crippen LogP contribution in [0.3, 0.4) is 0 Å². The summed E-state index contributed by atoms with van der Waals surface area (Å²) in [6.07, 6.45) is 6.50. The van der Waals surface area contributed by atoms with Crippen molar-refractivity contribution in [2.24, 2.45) is 0 Å². The predicted molar refractivity (Wildman–Crippen MR) is 24.1 cm³/mol. The largest absolute Gasteiger partial charge is 0.466 e. The molecule has 0 bridgehead atoms. The van der Waals surface area contributed by atoms with Crippen LogP contribution in [-0.2, 0) is 9.47 Å². The van der Waals surface area contributed by atoms with Crippen molar-refractivity contribution in [2.75, 3.05) is 0 Å². The molecule has 0 aromatic rings. The van der Waals surface area contributed by atoms with Crippen LogP contribution in [0.15, 0.2) is 25.0 Å². The SMILES string of the molecule is C1=CO1.C1=CO1.O. The Morgan fingerprint density at radius 2 is 0.857 bits per heavy atom. The minimum atomic E-state index is 0. The normalized spacial score (nSPS) is 13.7. The van der Waals surface area contributed by atoms with Crippen molar-refractivity contribution in [3.63, 3.8) is 0 Å². The molecule has 2 N–H and O–H groups in total. The van der Waals surface area contributed by atoms with Crippen molar-refractivity contribution in [1.82, 2.24) is 0 Å². The van der Waals surface area contributed by atoms with Gasteiger partial charge in [0.1, 0.15) is 25.0 Å². The van der Waals surface area contributed by atoms with Gasteiger partial charge in [-0.1, -0.05) is 0 Å². The van der Waals surface area contributed by atoms with E-state index in [2.05, 4.69) is 9.47 Å². The Morgan fingerprint density at radius 3 is 0.857 bits per heavy atom. The molecule has 2 aliphatic heterocycles. The average Bonchev–Trinajstić information content (AvgIpc) is 2.31. The van der Waals surface area contributed by atoms with Crippen LogP contribution in [0.1, 0.15) is 0 Å². The van der Waals surface area contributed by atoms with Crippen LogP contribution in [0.4, 0.5) is 0 Å². The Morgan fingerprint density at radius 1 is 0.714 bits per heavy atom. The van der Waals surface area contributed by atoms with Gasteiger partial charge in [0.2, 0.25) is 0 Å². The first-order valence-electron chi connectivity index (χ1n) is 1.61. The minimum absolute atomic E-state index is 0. The van der Waals surface area contributed by atoms with Crippen LogP contribution < -0.4 is 0 Å². The maximum Gasteiger partial charge on any atom is 0.125 e. The standard InChI is InChI=1S/2C2H2O.H2O/c2*1-2-3-1;/h2*1-2H;1H2. The fourth-order valence-electron chi connectivity index (χ4n) is 0. The van der Waals surface area contributed by atoms with Gasteiger partial charge in [0.05, 0.1) is 0 Å². The van der Waals surface area contributed by atoms with Gasteiger partial charge in [-0.3, -0.25) is 0 Å². The number of ether oxygens (including phenoxy) is 2. The van der Waals surface area contributed by atoms with Crippen molar-refractivity contribution < 1.29 is 14.9 Å². The molecule has 0 atom stereocenters. The summed E-state index contributed by atoms with van der Waals surface area (Å²) in [6.45, 7) is 0. The Hall–Kier alpha value is -0.960. The Balaban J connectivity index is 0.0000000900. The van der Waals surface area contributed by atoms with Crippen molar-refractivity contribution in [2.45, 2.75) is 0 Å². The van der Waals surface area contributed by atoms with Crippen LogP contribution in [-0.4, -0.2) is 5.48 Å². The highest BCUT2D eigenvalue weighted by Gasteiger charge is 1.74. The quantitative estimate of drug-likeness (QED) is 0.437. The summed E-state index contributed by atoms with van der Waals surface area (Å²) < 4.78 is 8.50. The van der Waals surface area contributed by atoms with Crippen LogP contribution in [0.2, 0.25) is 0 Å². The van der Waals surface area contributed by atoms with Gasteiger partial charge in [0.25, 0.3) is 0 Å². The molecule has 3 nitrogen and oxygen atoms in total. The summed E-state index contributed by atoms with van der Waals surface area (Å²) in [4.78, 5) is 0. The van der Waals surface area contributed by atoms with Crippen LogP contribution in [0.25, 0.3) is 0 Å². The van der Waals surface area contributed by atoms with Gasteiger partial charge < -0.3 is 14.9 Å². The topological polar surface area (TPSA) is 56.6 Å². The van der Waals surface area contributed by atoms with Crippen molar-refractivity contribution in [3.05, 3.63) is 25.0 Å². The van der Waals surface area contributed by atoms with E-state index in [0.29, 0.717) is 0 Å². The molecule has 0 saturated heterocycles. The third-order valence-corrected chi connectivity index (χ3v) is 0.272. The van der Waals surface area contributed by atoms with Crippen molar-refractivity contribution in [3.8, 4) is 0 Å². The second-order valence-electron chi connectivity index (χ2n) is 0.816. The molecule has 0 aromatic heterocycles. The van der Waals surface area contributed by atoms with E-state index in [-0.39, 0.29) is 5.48 Å². The fraction of sp³-hybridized carbons (Fsp3) is 0. The van der Waals surface area contributed by atoms with E-state index >= 15 is 0 Å². The Labute approximate surface area is 41.2 Å². The van der Waals surface area contributed by atoms with Gasteiger partial charge >= 0.3 is 0 Å². The molecule has 7 heavy (non-hydrogen) atoms. The second-order valence-corrected chi connectivity index (χ2v) is 0.816. The van der Waals surface area contributed by atoms with E-state index in [4.69, 9.17) is 0 Å². The van der Waals surface area contributed by atoms with E-state index in [1.54, 1.807) is 25.0 Å². The van der Waals surface area contributed by atoms with Crippen LogP contribution >= 0.6 is 0 Å². The molecule has 0 saturated carbocycles. The molecule has 40 valence electrons. The van der Waals surface area contributed by atoms with Gasteiger partial charge in [0.15, 0.2) is 0 Å². The molecule has 2 aliphatic rings. The molecular weight excluding hydrogens is 96.0 g/mol. The van der Waals surface area contributed by atoms with Crippen LogP contribution in [0.5, 0.6) is 0 Å². The summed E-state index contributed by atoms with van der Waals surface area (Å²) >= 11 is 0. The summed E-state index contributed by atoms with van der Waals surface area (Å²) in [6, 6.07) is 0. The molecule has 3 heteroatoms. The third-order valence-electron chi connectivity index (χ3n) is 0.272.